The van der Waals surface area contributed by atoms with Crippen molar-refractivity contribution in [2.24, 2.45) is 0 Å². The van der Waals surface area contributed by atoms with Crippen molar-refractivity contribution >= 4 is 23.5 Å². The van der Waals surface area contributed by atoms with Crippen LogP contribution in [-0.4, -0.2) is 49.2 Å². The Bertz CT molecular complexity index is 797. The van der Waals surface area contributed by atoms with Crippen LogP contribution < -0.4 is 9.47 Å². The van der Waals surface area contributed by atoms with Crippen LogP contribution in [0, 0.1) is 11.3 Å². The van der Waals surface area contributed by atoms with Crippen molar-refractivity contribution in [1.82, 2.24) is 4.90 Å². The number of rotatable bonds is 7. The van der Waals surface area contributed by atoms with E-state index in [2.05, 4.69) is 6.07 Å². The summed E-state index contributed by atoms with van der Waals surface area (Å²) in [5.74, 6) is -0.491. The molecule has 0 aliphatic heterocycles. The van der Waals surface area contributed by atoms with Crippen molar-refractivity contribution in [3.63, 3.8) is 0 Å². The van der Waals surface area contributed by atoms with Crippen LogP contribution in [0.4, 0.5) is 0 Å². The number of benzene rings is 1. The first-order valence-electron chi connectivity index (χ1n) is 9.63. The summed E-state index contributed by atoms with van der Waals surface area (Å²) in [6.45, 7) is 3.24. The molecule has 0 heterocycles. The van der Waals surface area contributed by atoms with Gasteiger partial charge in [0.2, 0.25) is 0 Å². The minimum atomic E-state index is -0.829. The first kappa shape index (κ1) is 22.8. The number of ether oxygens (including phenoxy) is 3. The van der Waals surface area contributed by atoms with Crippen LogP contribution in [0.5, 0.6) is 11.5 Å². The predicted octanol–water partition coefficient (Wildman–Crippen LogP) is 3.98. The van der Waals surface area contributed by atoms with E-state index in [1.165, 1.54) is 24.1 Å². The molecule has 0 N–H and O–H groups in total. The standard InChI is InChI=1S/C21H27ClN2O5/c1-14(2)29-19-16(22)10-15(11-17(19)27-4)20(26)28-12-18(25)24(3)21(13-23)8-6-5-7-9-21/h10-11,14H,5-9,12H2,1-4H3. The maximum Gasteiger partial charge on any atom is 0.338 e. The molecule has 0 atom stereocenters. The van der Waals surface area contributed by atoms with Crippen LogP contribution >= 0.6 is 11.6 Å². The van der Waals surface area contributed by atoms with Crippen molar-refractivity contribution in [2.45, 2.75) is 57.6 Å². The lowest BCUT2D eigenvalue weighted by Crippen LogP contribution is -2.51. The topological polar surface area (TPSA) is 88.9 Å². The maximum absolute atomic E-state index is 12.5. The molecule has 1 aliphatic rings. The number of carbonyl (C=O) groups is 2. The first-order chi connectivity index (χ1) is 13.7. The van der Waals surface area contributed by atoms with Crippen molar-refractivity contribution < 1.29 is 23.8 Å². The summed E-state index contributed by atoms with van der Waals surface area (Å²) < 4.78 is 16.1. The molecule has 0 saturated heterocycles. The molecule has 0 aromatic heterocycles. The van der Waals surface area contributed by atoms with Crippen LogP contribution in [0.2, 0.25) is 5.02 Å². The van der Waals surface area contributed by atoms with Crippen LogP contribution in [0.3, 0.4) is 0 Å². The molecule has 158 valence electrons. The normalized spacial score (nSPS) is 15.3. The van der Waals surface area contributed by atoms with Gasteiger partial charge in [-0.2, -0.15) is 5.26 Å². The highest BCUT2D eigenvalue weighted by Crippen LogP contribution is 2.37. The van der Waals surface area contributed by atoms with Crippen molar-refractivity contribution in [3.8, 4) is 17.6 Å². The van der Waals surface area contributed by atoms with Crippen molar-refractivity contribution in [2.75, 3.05) is 20.8 Å². The number of methoxy groups -OCH3 is 1. The van der Waals surface area contributed by atoms with E-state index >= 15 is 0 Å². The number of amides is 1. The maximum atomic E-state index is 12.5. The molecule has 0 unspecified atom stereocenters. The number of likely N-dealkylation sites (N-methyl/N-ethyl adjacent to an activating group) is 1. The van der Waals surface area contributed by atoms with E-state index in [0.29, 0.717) is 24.3 Å². The highest BCUT2D eigenvalue weighted by Gasteiger charge is 2.39. The largest absolute Gasteiger partial charge is 0.493 e. The Morgan fingerprint density at radius 2 is 1.93 bits per heavy atom. The molecule has 7 nitrogen and oxygen atoms in total. The van der Waals surface area contributed by atoms with Crippen LogP contribution in [0.25, 0.3) is 0 Å². The average Bonchev–Trinajstić information content (AvgIpc) is 2.72. The third-order valence-corrected chi connectivity index (χ3v) is 5.33. The third-order valence-electron chi connectivity index (χ3n) is 5.05. The summed E-state index contributed by atoms with van der Waals surface area (Å²) in [6, 6.07) is 5.15. The predicted molar refractivity (Wildman–Crippen MR) is 108 cm³/mol. The van der Waals surface area contributed by atoms with Gasteiger partial charge in [-0.25, -0.2) is 4.79 Å². The summed E-state index contributed by atoms with van der Waals surface area (Å²) in [4.78, 5) is 26.4. The molecular formula is C21H27ClN2O5. The van der Waals surface area contributed by atoms with Gasteiger partial charge in [-0.1, -0.05) is 30.9 Å². The number of nitrogens with zero attached hydrogens (tertiary/aromatic N) is 2. The number of nitriles is 1. The quantitative estimate of drug-likeness (QED) is 0.617. The number of carbonyl (C=O) groups excluding carboxylic acids is 2. The Morgan fingerprint density at radius 1 is 1.28 bits per heavy atom. The fourth-order valence-electron chi connectivity index (χ4n) is 3.39. The molecule has 29 heavy (non-hydrogen) atoms. The second-order valence-electron chi connectivity index (χ2n) is 7.39. The number of halogens is 1. The molecule has 0 spiro atoms. The minimum absolute atomic E-state index is 0.125. The fraction of sp³-hybridized carbons (Fsp3) is 0.571. The van der Waals surface area contributed by atoms with Gasteiger partial charge >= 0.3 is 5.97 Å². The van der Waals surface area contributed by atoms with Gasteiger partial charge in [-0.15, -0.1) is 0 Å². The lowest BCUT2D eigenvalue weighted by Gasteiger charge is -2.38. The van der Waals surface area contributed by atoms with E-state index in [-0.39, 0.29) is 16.7 Å². The van der Waals surface area contributed by atoms with Crippen molar-refractivity contribution in [1.29, 1.82) is 5.26 Å². The Hall–Kier alpha value is -2.46. The summed E-state index contributed by atoms with van der Waals surface area (Å²) in [5, 5.41) is 9.81. The van der Waals surface area contributed by atoms with E-state index in [1.54, 1.807) is 7.05 Å². The third kappa shape index (κ3) is 5.33. The van der Waals surface area contributed by atoms with Gasteiger partial charge < -0.3 is 19.1 Å². The Labute approximate surface area is 176 Å². The Kier molecular flexibility index (Phi) is 7.74. The van der Waals surface area contributed by atoms with Gasteiger partial charge in [0, 0.05) is 7.05 Å². The molecule has 1 saturated carbocycles. The lowest BCUT2D eigenvalue weighted by molar-refractivity contribution is -0.138. The smallest absolute Gasteiger partial charge is 0.338 e. The van der Waals surface area contributed by atoms with Crippen LogP contribution in [-0.2, 0) is 9.53 Å². The Balaban J connectivity index is 2.07. The van der Waals surface area contributed by atoms with Gasteiger partial charge in [0.05, 0.1) is 29.9 Å². The van der Waals surface area contributed by atoms with E-state index in [1.807, 2.05) is 13.8 Å². The monoisotopic (exact) mass is 422 g/mol. The second-order valence-corrected chi connectivity index (χ2v) is 7.80. The van der Waals surface area contributed by atoms with Gasteiger partial charge in [0.1, 0.15) is 5.54 Å². The minimum Gasteiger partial charge on any atom is -0.493 e. The molecular weight excluding hydrogens is 396 g/mol. The zero-order valence-corrected chi connectivity index (χ0v) is 18.0. The molecule has 1 fully saturated rings. The summed E-state index contributed by atoms with van der Waals surface area (Å²) >= 11 is 6.23. The van der Waals surface area contributed by atoms with Gasteiger partial charge in [-0.3, -0.25) is 4.79 Å². The lowest BCUT2D eigenvalue weighted by atomic mass is 9.81. The molecule has 1 amide bonds. The van der Waals surface area contributed by atoms with E-state index in [9.17, 15) is 14.9 Å². The zero-order valence-electron chi connectivity index (χ0n) is 17.3. The molecule has 1 aromatic carbocycles. The first-order valence-corrected chi connectivity index (χ1v) is 10.0. The van der Waals surface area contributed by atoms with E-state index in [4.69, 9.17) is 25.8 Å². The SMILES string of the molecule is COc1cc(C(=O)OCC(=O)N(C)C2(C#N)CCCCC2)cc(Cl)c1OC(C)C. The van der Waals surface area contributed by atoms with Crippen LogP contribution in [0.1, 0.15) is 56.3 Å². The molecule has 2 rings (SSSR count). The summed E-state index contributed by atoms with van der Waals surface area (Å²) in [5.41, 5.74) is -0.685. The van der Waals surface area contributed by atoms with E-state index in [0.717, 1.165) is 19.3 Å². The van der Waals surface area contributed by atoms with Crippen molar-refractivity contribution in [3.05, 3.63) is 22.7 Å². The second kappa shape index (κ2) is 9.84. The van der Waals surface area contributed by atoms with Crippen LogP contribution in [0.15, 0.2) is 12.1 Å². The molecule has 0 bridgehead atoms. The fourth-order valence-corrected chi connectivity index (χ4v) is 3.65. The summed E-state index contributed by atoms with van der Waals surface area (Å²) in [7, 11) is 3.03. The van der Waals surface area contributed by atoms with Gasteiger partial charge in [-0.05, 0) is 38.8 Å². The molecule has 8 heteroatoms. The van der Waals surface area contributed by atoms with Gasteiger partial charge in [0.25, 0.3) is 5.91 Å². The zero-order chi connectivity index (χ0) is 21.6. The molecule has 0 radical (unpaired) electrons. The number of hydrogen-bond donors (Lipinski definition) is 0. The average molecular weight is 423 g/mol. The molecule has 1 aliphatic carbocycles. The Morgan fingerprint density at radius 3 is 2.48 bits per heavy atom. The van der Waals surface area contributed by atoms with E-state index < -0.39 is 24.0 Å². The van der Waals surface area contributed by atoms with Gasteiger partial charge in [0.15, 0.2) is 18.1 Å². The highest BCUT2D eigenvalue weighted by atomic mass is 35.5. The molecule has 1 aromatic rings. The summed E-state index contributed by atoms with van der Waals surface area (Å²) in [6.07, 6.45) is 3.98. The highest BCUT2D eigenvalue weighted by molar-refractivity contribution is 6.32. The number of esters is 1. The number of hydrogen-bond acceptors (Lipinski definition) is 6.